The van der Waals surface area contributed by atoms with E-state index in [-0.39, 0.29) is 16.7 Å². The Hall–Kier alpha value is -1.62. The highest BCUT2D eigenvalue weighted by molar-refractivity contribution is 5.61. The lowest BCUT2D eigenvalue weighted by Crippen LogP contribution is -2.17. The summed E-state index contributed by atoms with van der Waals surface area (Å²) >= 11 is 0. The fourth-order valence-electron chi connectivity index (χ4n) is 1.39. The van der Waals surface area contributed by atoms with Crippen molar-refractivity contribution >= 4 is 11.4 Å². The molecular weight excluding hydrogens is 208 g/mol. The molecule has 1 rings (SSSR count). The molecule has 0 aromatic heterocycles. The lowest BCUT2D eigenvalue weighted by Gasteiger charge is -2.14. The maximum Gasteiger partial charge on any atom is 0.292 e. The number of para-hydroxylation sites is 2. The molecule has 0 amide bonds. The highest BCUT2D eigenvalue weighted by Crippen LogP contribution is 2.24. The van der Waals surface area contributed by atoms with Crippen molar-refractivity contribution in [2.24, 2.45) is 0 Å². The van der Waals surface area contributed by atoms with E-state index in [0.29, 0.717) is 12.3 Å². The third kappa shape index (κ3) is 3.51. The zero-order valence-electron chi connectivity index (χ0n) is 9.47. The van der Waals surface area contributed by atoms with Crippen LogP contribution in [0.1, 0.15) is 13.3 Å². The summed E-state index contributed by atoms with van der Waals surface area (Å²) in [6.07, 6.45) is 0.808. The van der Waals surface area contributed by atoms with Gasteiger partial charge in [0.15, 0.2) is 0 Å². The monoisotopic (exact) mass is 224 g/mol. The van der Waals surface area contributed by atoms with Crippen LogP contribution in [0.5, 0.6) is 0 Å². The van der Waals surface area contributed by atoms with Gasteiger partial charge in [0, 0.05) is 25.8 Å². The SMILES string of the molecule is COCCC(C)Nc1ccccc1[N+](=O)[O-]. The van der Waals surface area contributed by atoms with E-state index >= 15 is 0 Å². The molecule has 5 heteroatoms. The van der Waals surface area contributed by atoms with Crippen LogP contribution < -0.4 is 5.32 Å². The molecule has 0 spiro atoms. The van der Waals surface area contributed by atoms with Gasteiger partial charge in [-0.1, -0.05) is 12.1 Å². The standard InChI is InChI=1S/C11H16N2O3/c1-9(7-8-16-2)12-10-5-3-4-6-11(10)13(14)15/h3-6,9,12H,7-8H2,1-2H3. The van der Waals surface area contributed by atoms with E-state index in [1.165, 1.54) is 6.07 Å². The molecule has 0 saturated heterocycles. The fourth-order valence-corrected chi connectivity index (χ4v) is 1.39. The molecule has 0 heterocycles. The Morgan fingerprint density at radius 3 is 2.81 bits per heavy atom. The molecule has 1 N–H and O–H groups in total. The van der Waals surface area contributed by atoms with Crippen LogP contribution >= 0.6 is 0 Å². The molecule has 88 valence electrons. The van der Waals surface area contributed by atoms with Crippen LogP contribution in [0.25, 0.3) is 0 Å². The molecule has 16 heavy (non-hydrogen) atoms. The lowest BCUT2D eigenvalue weighted by molar-refractivity contribution is -0.384. The number of nitro benzene ring substituents is 1. The number of benzene rings is 1. The van der Waals surface area contributed by atoms with E-state index in [4.69, 9.17) is 4.74 Å². The van der Waals surface area contributed by atoms with Gasteiger partial charge >= 0.3 is 0 Å². The Labute approximate surface area is 94.6 Å². The summed E-state index contributed by atoms with van der Waals surface area (Å²) in [7, 11) is 1.64. The van der Waals surface area contributed by atoms with Gasteiger partial charge in [0.05, 0.1) is 4.92 Å². The smallest absolute Gasteiger partial charge is 0.292 e. The van der Waals surface area contributed by atoms with Gasteiger partial charge in [-0.2, -0.15) is 0 Å². The van der Waals surface area contributed by atoms with Gasteiger partial charge in [-0.3, -0.25) is 10.1 Å². The highest BCUT2D eigenvalue weighted by atomic mass is 16.6. The first-order valence-corrected chi connectivity index (χ1v) is 5.14. The Morgan fingerprint density at radius 2 is 2.19 bits per heavy atom. The van der Waals surface area contributed by atoms with Gasteiger partial charge in [0.2, 0.25) is 0 Å². The van der Waals surface area contributed by atoms with Crippen LogP contribution in [0, 0.1) is 10.1 Å². The molecule has 5 nitrogen and oxygen atoms in total. The Bertz CT molecular complexity index is 355. The topological polar surface area (TPSA) is 64.4 Å². The molecule has 0 radical (unpaired) electrons. The van der Waals surface area contributed by atoms with Crippen LogP contribution in [-0.2, 0) is 4.74 Å². The Morgan fingerprint density at radius 1 is 1.50 bits per heavy atom. The number of nitro groups is 1. The minimum absolute atomic E-state index is 0.103. The quantitative estimate of drug-likeness (QED) is 0.595. The maximum absolute atomic E-state index is 10.8. The zero-order valence-corrected chi connectivity index (χ0v) is 9.47. The van der Waals surface area contributed by atoms with Crippen molar-refractivity contribution in [1.29, 1.82) is 0 Å². The molecule has 1 aromatic carbocycles. The molecule has 0 aliphatic rings. The van der Waals surface area contributed by atoms with Crippen molar-refractivity contribution < 1.29 is 9.66 Å². The minimum atomic E-state index is -0.384. The van der Waals surface area contributed by atoms with E-state index in [1.54, 1.807) is 25.3 Å². The summed E-state index contributed by atoms with van der Waals surface area (Å²) in [5.41, 5.74) is 0.655. The third-order valence-electron chi connectivity index (χ3n) is 2.26. The van der Waals surface area contributed by atoms with Gasteiger partial charge in [-0.05, 0) is 19.4 Å². The first kappa shape index (κ1) is 12.4. The number of ether oxygens (including phenoxy) is 1. The number of anilines is 1. The molecule has 0 aliphatic heterocycles. The number of rotatable bonds is 6. The van der Waals surface area contributed by atoms with Crippen LogP contribution in [0.3, 0.4) is 0 Å². The summed E-state index contributed by atoms with van der Waals surface area (Å²) in [5.74, 6) is 0. The molecule has 1 atom stereocenters. The van der Waals surface area contributed by atoms with Crippen molar-refractivity contribution in [3.05, 3.63) is 34.4 Å². The van der Waals surface area contributed by atoms with Crippen molar-refractivity contribution in [3.8, 4) is 0 Å². The summed E-state index contributed by atoms with van der Waals surface area (Å²) < 4.78 is 4.95. The van der Waals surface area contributed by atoms with Gasteiger partial charge in [0.25, 0.3) is 5.69 Å². The predicted octanol–water partition coefficient (Wildman–Crippen LogP) is 2.43. The molecule has 0 saturated carbocycles. The van der Waals surface area contributed by atoms with Crippen molar-refractivity contribution in [2.75, 3.05) is 19.0 Å². The summed E-state index contributed by atoms with van der Waals surface area (Å²) in [5, 5.41) is 13.9. The number of nitrogens with one attached hydrogen (secondary N) is 1. The molecular formula is C11H16N2O3. The summed E-state index contributed by atoms with van der Waals surface area (Å²) in [6.45, 7) is 2.60. The molecule has 0 fully saturated rings. The average Bonchev–Trinajstić information content (AvgIpc) is 2.27. The van der Waals surface area contributed by atoms with Crippen LogP contribution in [0.15, 0.2) is 24.3 Å². The second-order valence-corrected chi connectivity index (χ2v) is 3.60. The summed E-state index contributed by atoms with van der Waals surface area (Å²) in [6, 6.07) is 6.77. The molecule has 1 aromatic rings. The van der Waals surface area contributed by atoms with Crippen molar-refractivity contribution in [3.63, 3.8) is 0 Å². The van der Waals surface area contributed by atoms with E-state index in [0.717, 1.165) is 6.42 Å². The molecule has 1 unspecified atom stereocenters. The number of methoxy groups -OCH3 is 1. The molecule has 0 aliphatic carbocycles. The van der Waals surface area contributed by atoms with Crippen LogP contribution in [-0.4, -0.2) is 24.7 Å². The van der Waals surface area contributed by atoms with E-state index in [2.05, 4.69) is 5.32 Å². The Kier molecular flexibility index (Phi) is 4.72. The largest absolute Gasteiger partial charge is 0.385 e. The maximum atomic E-state index is 10.8. The first-order valence-electron chi connectivity index (χ1n) is 5.14. The van der Waals surface area contributed by atoms with Crippen molar-refractivity contribution in [1.82, 2.24) is 0 Å². The minimum Gasteiger partial charge on any atom is -0.385 e. The lowest BCUT2D eigenvalue weighted by atomic mass is 10.2. The first-order chi connectivity index (χ1) is 7.65. The number of hydrogen-bond donors (Lipinski definition) is 1. The second-order valence-electron chi connectivity index (χ2n) is 3.60. The van der Waals surface area contributed by atoms with Crippen molar-refractivity contribution in [2.45, 2.75) is 19.4 Å². The van der Waals surface area contributed by atoms with Crippen LogP contribution in [0.4, 0.5) is 11.4 Å². The summed E-state index contributed by atoms with van der Waals surface area (Å²) in [4.78, 5) is 10.4. The van der Waals surface area contributed by atoms with Gasteiger partial charge in [0.1, 0.15) is 5.69 Å². The number of hydrogen-bond acceptors (Lipinski definition) is 4. The average molecular weight is 224 g/mol. The van der Waals surface area contributed by atoms with E-state index in [9.17, 15) is 10.1 Å². The normalized spacial score (nSPS) is 12.1. The highest BCUT2D eigenvalue weighted by Gasteiger charge is 2.13. The second kappa shape index (κ2) is 6.07. The Balaban J connectivity index is 2.69. The third-order valence-corrected chi connectivity index (χ3v) is 2.26. The van der Waals surface area contributed by atoms with E-state index in [1.807, 2.05) is 6.92 Å². The van der Waals surface area contributed by atoms with Gasteiger partial charge in [-0.25, -0.2) is 0 Å². The van der Waals surface area contributed by atoms with Gasteiger partial charge < -0.3 is 10.1 Å². The fraction of sp³-hybridized carbons (Fsp3) is 0.455. The van der Waals surface area contributed by atoms with Crippen LogP contribution in [0.2, 0.25) is 0 Å². The molecule has 0 bridgehead atoms. The van der Waals surface area contributed by atoms with Gasteiger partial charge in [-0.15, -0.1) is 0 Å². The zero-order chi connectivity index (χ0) is 12.0. The van der Waals surface area contributed by atoms with E-state index < -0.39 is 0 Å². The predicted molar refractivity (Wildman–Crippen MR) is 62.7 cm³/mol. The number of nitrogens with zero attached hydrogens (tertiary/aromatic N) is 1.